The van der Waals surface area contributed by atoms with E-state index in [0.717, 1.165) is 0 Å². The average molecular weight is 297 g/mol. The van der Waals surface area contributed by atoms with Crippen LogP contribution in [0, 0.1) is 5.82 Å². The largest absolute Gasteiger partial charge is 0.480 e. The number of halogens is 1. The molecule has 20 heavy (non-hydrogen) atoms. The van der Waals surface area contributed by atoms with E-state index >= 15 is 0 Å². The highest BCUT2D eigenvalue weighted by Gasteiger charge is 2.19. The van der Waals surface area contributed by atoms with E-state index in [1.54, 1.807) is 25.3 Å². The van der Waals surface area contributed by atoms with Crippen molar-refractivity contribution in [2.75, 3.05) is 6.26 Å². The first-order valence-electron chi connectivity index (χ1n) is 5.98. The molecule has 0 radical (unpaired) electrons. The number of carboxylic acids is 1. The first-order chi connectivity index (χ1) is 9.49. The number of nitrogens with one attached hydrogen (secondary N) is 1. The lowest BCUT2D eigenvalue weighted by Crippen LogP contribution is -2.40. The predicted molar refractivity (Wildman–Crippen MR) is 76.5 cm³/mol. The van der Waals surface area contributed by atoms with E-state index in [4.69, 9.17) is 5.11 Å². The molecule has 0 heterocycles. The standard InChI is InChI=1S/C14H16FNO3S/c1-3-4-5-11(14(18)19)16-13(17)9-6-7-10(15)12(8-9)20-2/h3-4,6-8,11H,5H2,1-2H3,(H,16,17)(H,18,19)/b4-3+. The smallest absolute Gasteiger partial charge is 0.326 e. The zero-order chi connectivity index (χ0) is 15.1. The molecule has 6 heteroatoms. The maximum Gasteiger partial charge on any atom is 0.326 e. The molecule has 0 fully saturated rings. The van der Waals surface area contributed by atoms with Gasteiger partial charge in [0.15, 0.2) is 0 Å². The van der Waals surface area contributed by atoms with Crippen molar-refractivity contribution < 1.29 is 19.1 Å². The first-order valence-corrected chi connectivity index (χ1v) is 7.20. The highest BCUT2D eigenvalue weighted by molar-refractivity contribution is 7.98. The SMILES string of the molecule is C/C=C/CC(NC(=O)c1ccc(F)c(SC)c1)C(=O)O. The van der Waals surface area contributed by atoms with Crippen molar-refractivity contribution >= 4 is 23.6 Å². The Kier molecular flexibility index (Phi) is 6.24. The van der Waals surface area contributed by atoms with Crippen molar-refractivity contribution in [2.45, 2.75) is 24.3 Å². The Labute approximate surface area is 121 Å². The molecule has 108 valence electrons. The van der Waals surface area contributed by atoms with Gasteiger partial charge in [-0.2, -0.15) is 0 Å². The summed E-state index contributed by atoms with van der Waals surface area (Å²) >= 11 is 1.18. The Hall–Kier alpha value is -1.82. The van der Waals surface area contributed by atoms with Gasteiger partial charge in [0.05, 0.1) is 0 Å². The third-order valence-corrected chi connectivity index (χ3v) is 3.38. The molecular weight excluding hydrogens is 281 g/mol. The number of carbonyl (C=O) groups excluding carboxylic acids is 1. The molecule has 0 bridgehead atoms. The number of rotatable bonds is 6. The minimum atomic E-state index is -1.11. The van der Waals surface area contributed by atoms with Crippen LogP contribution < -0.4 is 5.32 Å². The molecule has 0 saturated carbocycles. The molecule has 2 N–H and O–H groups in total. The normalized spacial score (nSPS) is 12.3. The fraction of sp³-hybridized carbons (Fsp3) is 0.286. The summed E-state index contributed by atoms with van der Waals surface area (Å²) in [6.45, 7) is 1.77. The van der Waals surface area contributed by atoms with Gasteiger partial charge >= 0.3 is 5.97 Å². The van der Waals surface area contributed by atoms with Crippen molar-refractivity contribution in [1.29, 1.82) is 0 Å². The molecule has 1 atom stereocenters. The van der Waals surface area contributed by atoms with Gasteiger partial charge in [-0.3, -0.25) is 4.79 Å². The topological polar surface area (TPSA) is 66.4 Å². The van der Waals surface area contributed by atoms with Crippen molar-refractivity contribution in [3.05, 3.63) is 41.7 Å². The number of amides is 1. The number of carbonyl (C=O) groups is 2. The van der Waals surface area contributed by atoms with Crippen molar-refractivity contribution in [3.63, 3.8) is 0 Å². The molecule has 1 aromatic rings. The second kappa shape index (κ2) is 7.69. The summed E-state index contributed by atoms with van der Waals surface area (Å²) in [7, 11) is 0. The molecule has 0 spiro atoms. The second-order valence-electron chi connectivity index (χ2n) is 4.02. The van der Waals surface area contributed by atoms with Gasteiger partial charge in [-0.15, -0.1) is 11.8 Å². The van der Waals surface area contributed by atoms with Crippen LogP contribution in [0.4, 0.5) is 4.39 Å². The molecule has 0 aliphatic rings. The number of carboxylic acid groups (broad SMARTS) is 1. The van der Waals surface area contributed by atoms with Gasteiger partial charge in [-0.05, 0) is 37.8 Å². The zero-order valence-electron chi connectivity index (χ0n) is 11.2. The summed E-state index contributed by atoms with van der Waals surface area (Å²) < 4.78 is 13.3. The van der Waals surface area contributed by atoms with E-state index in [9.17, 15) is 14.0 Å². The lowest BCUT2D eigenvalue weighted by molar-refractivity contribution is -0.139. The summed E-state index contributed by atoms with van der Waals surface area (Å²) in [5, 5.41) is 11.4. The predicted octanol–water partition coefficient (Wildman–Crippen LogP) is 2.70. The van der Waals surface area contributed by atoms with Gasteiger partial charge in [-0.25, -0.2) is 9.18 Å². The summed E-state index contributed by atoms with van der Waals surface area (Å²) in [5.74, 6) is -2.04. The van der Waals surface area contributed by atoms with E-state index in [2.05, 4.69) is 5.32 Å². The van der Waals surface area contributed by atoms with E-state index in [1.165, 1.54) is 30.0 Å². The van der Waals surface area contributed by atoms with Crippen LogP contribution in [-0.4, -0.2) is 29.3 Å². The van der Waals surface area contributed by atoms with E-state index in [1.807, 2.05) is 0 Å². The Bertz CT molecular complexity index is 531. The number of aliphatic carboxylic acids is 1. The van der Waals surface area contributed by atoms with E-state index in [-0.39, 0.29) is 12.0 Å². The summed E-state index contributed by atoms with van der Waals surface area (Å²) in [4.78, 5) is 23.4. The molecular formula is C14H16FNO3S. The Morgan fingerprint density at radius 2 is 2.20 bits per heavy atom. The Morgan fingerprint density at radius 3 is 2.75 bits per heavy atom. The Balaban J connectivity index is 2.86. The minimum Gasteiger partial charge on any atom is -0.480 e. The van der Waals surface area contributed by atoms with Gasteiger partial charge in [0.25, 0.3) is 5.91 Å². The van der Waals surface area contributed by atoms with Crippen LogP contribution in [0.2, 0.25) is 0 Å². The second-order valence-corrected chi connectivity index (χ2v) is 4.87. The van der Waals surface area contributed by atoms with Crippen LogP contribution in [0.5, 0.6) is 0 Å². The van der Waals surface area contributed by atoms with Crippen LogP contribution >= 0.6 is 11.8 Å². The molecule has 4 nitrogen and oxygen atoms in total. The first kappa shape index (κ1) is 16.2. The Morgan fingerprint density at radius 1 is 1.50 bits per heavy atom. The molecule has 1 unspecified atom stereocenters. The van der Waals surface area contributed by atoms with Gasteiger partial charge in [-0.1, -0.05) is 12.2 Å². The van der Waals surface area contributed by atoms with Crippen molar-refractivity contribution in [3.8, 4) is 0 Å². The number of thioether (sulfide) groups is 1. The van der Waals surface area contributed by atoms with Gasteiger partial charge in [0, 0.05) is 10.5 Å². The average Bonchev–Trinajstić information content (AvgIpc) is 2.43. The number of allylic oxidation sites excluding steroid dienone is 1. The minimum absolute atomic E-state index is 0.203. The van der Waals surface area contributed by atoms with Crippen LogP contribution in [0.25, 0.3) is 0 Å². The molecule has 0 saturated heterocycles. The van der Waals surface area contributed by atoms with Crippen LogP contribution in [-0.2, 0) is 4.79 Å². The lowest BCUT2D eigenvalue weighted by Gasteiger charge is -2.13. The number of hydrogen-bond donors (Lipinski definition) is 2. The quantitative estimate of drug-likeness (QED) is 0.626. The summed E-state index contributed by atoms with van der Waals surface area (Å²) in [6.07, 6.45) is 5.28. The maximum atomic E-state index is 13.3. The fourth-order valence-electron chi connectivity index (χ4n) is 1.54. The van der Waals surface area contributed by atoms with Crippen LogP contribution in [0.1, 0.15) is 23.7 Å². The highest BCUT2D eigenvalue weighted by atomic mass is 32.2. The number of hydrogen-bond acceptors (Lipinski definition) is 3. The maximum absolute atomic E-state index is 13.3. The van der Waals surface area contributed by atoms with Crippen molar-refractivity contribution in [2.24, 2.45) is 0 Å². The third kappa shape index (κ3) is 4.38. The summed E-state index contributed by atoms with van der Waals surface area (Å²) in [6, 6.07) is 2.94. The molecule has 1 aromatic carbocycles. The molecule has 0 aliphatic carbocycles. The van der Waals surface area contributed by atoms with Gasteiger partial charge in [0.1, 0.15) is 11.9 Å². The molecule has 1 amide bonds. The van der Waals surface area contributed by atoms with Crippen LogP contribution in [0.3, 0.4) is 0 Å². The zero-order valence-corrected chi connectivity index (χ0v) is 12.0. The van der Waals surface area contributed by atoms with Crippen molar-refractivity contribution in [1.82, 2.24) is 5.32 Å². The lowest BCUT2D eigenvalue weighted by atomic mass is 10.1. The fourth-order valence-corrected chi connectivity index (χ4v) is 2.04. The van der Waals surface area contributed by atoms with Gasteiger partial charge in [0.2, 0.25) is 0 Å². The van der Waals surface area contributed by atoms with E-state index in [0.29, 0.717) is 4.90 Å². The van der Waals surface area contributed by atoms with Gasteiger partial charge < -0.3 is 10.4 Å². The summed E-state index contributed by atoms with van der Waals surface area (Å²) in [5.41, 5.74) is 0.238. The highest BCUT2D eigenvalue weighted by Crippen LogP contribution is 2.20. The van der Waals surface area contributed by atoms with Crippen LogP contribution in [0.15, 0.2) is 35.2 Å². The third-order valence-electron chi connectivity index (χ3n) is 2.62. The molecule has 0 aromatic heterocycles. The van der Waals surface area contributed by atoms with E-state index < -0.39 is 23.7 Å². The molecule has 1 rings (SSSR count). The monoisotopic (exact) mass is 297 g/mol. The number of benzene rings is 1. The molecule has 0 aliphatic heterocycles.